The van der Waals surface area contributed by atoms with E-state index in [-0.39, 0.29) is 12.2 Å². The average molecular weight is 244 g/mol. The Labute approximate surface area is 103 Å². The summed E-state index contributed by atoms with van der Waals surface area (Å²) in [5, 5.41) is 22.3. The molecule has 1 saturated heterocycles. The molecule has 0 aromatic carbocycles. The summed E-state index contributed by atoms with van der Waals surface area (Å²) in [5.74, 6) is 0.598. The number of ether oxygens (including phenoxy) is 1. The molecular weight excluding hydrogens is 220 g/mol. The van der Waals surface area contributed by atoms with E-state index in [1.54, 1.807) is 0 Å². The first-order valence-corrected chi connectivity index (χ1v) is 6.61. The minimum absolute atomic E-state index is 0.0833. The van der Waals surface area contributed by atoms with Crippen LogP contribution in [0.2, 0.25) is 0 Å². The zero-order valence-electron chi connectivity index (χ0n) is 10.3. The van der Waals surface area contributed by atoms with Gasteiger partial charge in [-0.2, -0.15) is 0 Å². The number of hydrogen-bond acceptors (Lipinski definition) is 5. The summed E-state index contributed by atoms with van der Waals surface area (Å²) in [6.07, 6.45) is 1.43. The molecule has 2 aliphatic rings. The number of aliphatic hydroxyl groups excluding tert-OH is 2. The second-order valence-corrected chi connectivity index (χ2v) is 5.22. The van der Waals surface area contributed by atoms with E-state index in [1.165, 1.54) is 0 Å². The van der Waals surface area contributed by atoms with Crippen molar-refractivity contribution >= 4 is 0 Å². The maximum Gasteiger partial charge on any atom is 0.0791 e. The number of nitrogens with zero attached hydrogens (tertiary/aromatic N) is 1. The summed E-state index contributed by atoms with van der Waals surface area (Å²) < 4.78 is 5.26. The van der Waals surface area contributed by atoms with Crippen molar-refractivity contribution in [3.05, 3.63) is 0 Å². The molecule has 0 radical (unpaired) electrons. The largest absolute Gasteiger partial charge is 0.393 e. The van der Waals surface area contributed by atoms with E-state index in [2.05, 4.69) is 10.2 Å². The van der Waals surface area contributed by atoms with Gasteiger partial charge in [0.1, 0.15) is 0 Å². The molecule has 2 fully saturated rings. The van der Waals surface area contributed by atoms with Crippen LogP contribution in [0.4, 0.5) is 0 Å². The number of nitrogens with one attached hydrogen (secondary N) is 1. The van der Waals surface area contributed by atoms with Gasteiger partial charge in [-0.15, -0.1) is 0 Å². The molecule has 1 heterocycles. The SMILES string of the molecule is OC1CC(CNCC(O)CN2CCOCC2)C1. The van der Waals surface area contributed by atoms with Crippen LogP contribution in [0.1, 0.15) is 12.8 Å². The number of morpholine rings is 1. The Hall–Kier alpha value is -0.200. The summed E-state index contributed by atoms with van der Waals surface area (Å²) in [6, 6.07) is 0. The molecule has 0 aromatic rings. The van der Waals surface area contributed by atoms with Crippen molar-refractivity contribution in [1.29, 1.82) is 0 Å². The first-order valence-electron chi connectivity index (χ1n) is 6.61. The topological polar surface area (TPSA) is 65.0 Å². The lowest BCUT2D eigenvalue weighted by Gasteiger charge is -2.32. The van der Waals surface area contributed by atoms with Gasteiger partial charge in [-0.25, -0.2) is 0 Å². The van der Waals surface area contributed by atoms with Crippen molar-refractivity contribution in [3.63, 3.8) is 0 Å². The van der Waals surface area contributed by atoms with Gasteiger partial charge in [-0.1, -0.05) is 0 Å². The van der Waals surface area contributed by atoms with Crippen LogP contribution in [-0.4, -0.2) is 73.3 Å². The maximum atomic E-state index is 9.86. The smallest absolute Gasteiger partial charge is 0.0791 e. The predicted octanol–water partition coefficient (Wildman–Crippen LogP) is -0.960. The molecule has 5 heteroatoms. The molecule has 17 heavy (non-hydrogen) atoms. The fraction of sp³-hybridized carbons (Fsp3) is 1.00. The molecule has 3 N–H and O–H groups in total. The standard InChI is InChI=1S/C12H24N2O3/c15-11-5-10(6-11)7-13-8-12(16)9-14-1-3-17-4-2-14/h10-13,15-16H,1-9H2. The Morgan fingerprint density at radius 1 is 1.29 bits per heavy atom. The molecule has 0 aromatic heterocycles. The fourth-order valence-electron chi connectivity index (χ4n) is 2.47. The summed E-state index contributed by atoms with van der Waals surface area (Å²) in [7, 11) is 0. The second kappa shape index (κ2) is 6.66. The third kappa shape index (κ3) is 4.52. The van der Waals surface area contributed by atoms with Crippen molar-refractivity contribution in [1.82, 2.24) is 10.2 Å². The van der Waals surface area contributed by atoms with Gasteiger partial charge in [0.25, 0.3) is 0 Å². The Balaban J connectivity index is 1.49. The van der Waals surface area contributed by atoms with Crippen molar-refractivity contribution in [3.8, 4) is 0 Å². The van der Waals surface area contributed by atoms with Gasteiger partial charge >= 0.3 is 0 Å². The highest BCUT2D eigenvalue weighted by Gasteiger charge is 2.26. The monoisotopic (exact) mass is 244 g/mol. The molecule has 1 saturated carbocycles. The first-order chi connectivity index (χ1) is 8.24. The molecule has 5 nitrogen and oxygen atoms in total. The molecule has 0 amide bonds. The molecule has 2 rings (SSSR count). The highest BCUT2D eigenvalue weighted by Crippen LogP contribution is 2.25. The van der Waals surface area contributed by atoms with Crippen LogP contribution in [0, 0.1) is 5.92 Å². The van der Waals surface area contributed by atoms with E-state index in [0.717, 1.165) is 52.2 Å². The van der Waals surface area contributed by atoms with Gasteiger partial charge in [0.05, 0.1) is 25.4 Å². The molecule has 0 spiro atoms. The van der Waals surface area contributed by atoms with Crippen LogP contribution < -0.4 is 5.32 Å². The van der Waals surface area contributed by atoms with E-state index in [1.807, 2.05) is 0 Å². The van der Waals surface area contributed by atoms with Crippen LogP contribution in [0.5, 0.6) is 0 Å². The van der Waals surface area contributed by atoms with Crippen molar-refractivity contribution < 1.29 is 14.9 Å². The van der Waals surface area contributed by atoms with E-state index in [4.69, 9.17) is 9.84 Å². The van der Waals surface area contributed by atoms with Gasteiger partial charge in [-0.05, 0) is 25.3 Å². The lowest BCUT2D eigenvalue weighted by Crippen LogP contribution is -2.45. The highest BCUT2D eigenvalue weighted by atomic mass is 16.5. The quantitative estimate of drug-likeness (QED) is 0.562. The number of β-amino-alcohol motifs (C(OH)–C–C–N with tert-alkyl or cyclic N) is 1. The van der Waals surface area contributed by atoms with Crippen molar-refractivity contribution in [2.24, 2.45) is 5.92 Å². The molecule has 1 atom stereocenters. The normalized spacial score (nSPS) is 32.1. The summed E-state index contributed by atoms with van der Waals surface area (Å²) in [4.78, 5) is 2.24. The summed E-state index contributed by atoms with van der Waals surface area (Å²) in [6.45, 7) is 5.68. The van der Waals surface area contributed by atoms with Gasteiger partial charge in [-0.3, -0.25) is 4.90 Å². The summed E-state index contributed by atoms with van der Waals surface area (Å²) >= 11 is 0. The molecule has 1 aliphatic heterocycles. The number of hydrogen-bond donors (Lipinski definition) is 3. The van der Waals surface area contributed by atoms with Crippen LogP contribution in [0.15, 0.2) is 0 Å². The van der Waals surface area contributed by atoms with Crippen LogP contribution in [0.3, 0.4) is 0 Å². The minimum Gasteiger partial charge on any atom is -0.393 e. The Bertz CT molecular complexity index is 216. The fourth-order valence-corrected chi connectivity index (χ4v) is 2.47. The van der Waals surface area contributed by atoms with Crippen molar-refractivity contribution in [2.45, 2.75) is 25.0 Å². The van der Waals surface area contributed by atoms with Gasteiger partial charge in [0, 0.05) is 26.2 Å². The van der Waals surface area contributed by atoms with Crippen molar-refractivity contribution in [2.75, 3.05) is 45.9 Å². The third-order valence-electron chi connectivity index (χ3n) is 3.60. The maximum absolute atomic E-state index is 9.86. The first kappa shape index (κ1) is 13.2. The zero-order chi connectivity index (χ0) is 12.1. The summed E-state index contributed by atoms with van der Waals surface area (Å²) in [5.41, 5.74) is 0. The number of rotatable bonds is 6. The second-order valence-electron chi connectivity index (χ2n) is 5.22. The zero-order valence-corrected chi connectivity index (χ0v) is 10.3. The van der Waals surface area contributed by atoms with E-state index >= 15 is 0 Å². The lowest BCUT2D eigenvalue weighted by molar-refractivity contribution is 0.0132. The molecule has 0 bridgehead atoms. The van der Waals surface area contributed by atoms with Crippen LogP contribution in [-0.2, 0) is 4.74 Å². The van der Waals surface area contributed by atoms with Gasteiger partial charge in [0.2, 0.25) is 0 Å². The minimum atomic E-state index is -0.307. The number of aliphatic hydroxyl groups is 2. The van der Waals surface area contributed by atoms with Gasteiger partial charge in [0.15, 0.2) is 0 Å². The Morgan fingerprint density at radius 3 is 2.65 bits per heavy atom. The molecule has 1 aliphatic carbocycles. The van der Waals surface area contributed by atoms with Crippen LogP contribution >= 0.6 is 0 Å². The van der Waals surface area contributed by atoms with E-state index < -0.39 is 0 Å². The van der Waals surface area contributed by atoms with E-state index in [9.17, 15) is 5.11 Å². The molecular formula is C12H24N2O3. The van der Waals surface area contributed by atoms with E-state index in [0.29, 0.717) is 12.5 Å². The molecule has 100 valence electrons. The Morgan fingerprint density at radius 2 is 2.00 bits per heavy atom. The van der Waals surface area contributed by atoms with Gasteiger partial charge < -0.3 is 20.3 Å². The third-order valence-corrected chi connectivity index (χ3v) is 3.60. The lowest BCUT2D eigenvalue weighted by atomic mass is 9.82. The highest BCUT2D eigenvalue weighted by molar-refractivity contribution is 4.80. The Kier molecular flexibility index (Phi) is 5.18. The predicted molar refractivity (Wildman–Crippen MR) is 64.9 cm³/mol. The van der Waals surface area contributed by atoms with Crippen LogP contribution in [0.25, 0.3) is 0 Å². The molecule has 1 unspecified atom stereocenters. The average Bonchev–Trinajstić information content (AvgIpc) is 2.28.